The number of hydrogen-bond acceptors (Lipinski definition) is 3. The van der Waals surface area contributed by atoms with E-state index in [-0.39, 0.29) is 12.6 Å². The molecule has 100 valence electrons. The molecule has 17 heavy (non-hydrogen) atoms. The van der Waals surface area contributed by atoms with Gasteiger partial charge < -0.3 is 15.9 Å². The molecule has 0 saturated heterocycles. The number of carboxylic acids is 2. The number of carbonyl (C=O) groups is 2. The minimum Gasteiger partial charge on any atom is -0.481 e. The van der Waals surface area contributed by atoms with Gasteiger partial charge in [-0.1, -0.05) is 19.8 Å². The average molecular weight is 249 g/mol. The monoisotopic (exact) mass is 249 g/mol. The molecule has 0 aromatic rings. The molecule has 0 bridgehead atoms. The molecule has 0 amide bonds. The van der Waals surface area contributed by atoms with Gasteiger partial charge in [0.05, 0.1) is 6.67 Å². The van der Waals surface area contributed by atoms with Gasteiger partial charge in [-0.25, -0.2) is 0 Å². The second-order valence-electron chi connectivity index (χ2n) is 4.34. The van der Waals surface area contributed by atoms with Crippen molar-refractivity contribution in [1.29, 1.82) is 0 Å². The number of rotatable bonds is 9. The SMILES string of the molecule is CC(CCCCF)CC(N)C(C(=O)O)C(=O)O. The maximum Gasteiger partial charge on any atom is 0.319 e. The molecular formula is C11H20FNO4. The van der Waals surface area contributed by atoms with E-state index in [1.165, 1.54) is 0 Å². The van der Waals surface area contributed by atoms with E-state index < -0.39 is 23.9 Å². The smallest absolute Gasteiger partial charge is 0.319 e. The molecule has 0 aromatic carbocycles. The molecule has 0 aliphatic heterocycles. The zero-order valence-electron chi connectivity index (χ0n) is 9.93. The lowest BCUT2D eigenvalue weighted by Gasteiger charge is -2.20. The number of nitrogens with two attached hydrogens (primary N) is 1. The predicted octanol–water partition coefficient (Wildman–Crippen LogP) is 1.27. The Morgan fingerprint density at radius 3 is 2.18 bits per heavy atom. The molecule has 0 saturated carbocycles. The van der Waals surface area contributed by atoms with E-state index in [1.807, 2.05) is 6.92 Å². The van der Waals surface area contributed by atoms with Crippen LogP contribution in [0.15, 0.2) is 0 Å². The predicted molar refractivity (Wildman–Crippen MR) is 60.3 cm³/mol. The lowest BCUT2D eigenvalue weighted by molar-refractivity contribution is -0.155. The third-order valence-corrected chi connectivity index (χ3v) is 2.72. The average Bonchev–Trinajstić information content (AvgIpc) is 2.16. The van der Waals surface area contributed by atoms with E-state index in [9.17, 15) is 14.0 Å². The molecule has 0 aliphatic carbocycles. The first-order chi connectivity index (χ1) is 7.90. The van der Waals surface area contributed by atoms with Crippen LogP contribution in [-0.4, -0.2) is 34.9 Å². The summed E-state index contributed by atoms with van der Waals surface area (Å²) < 4.78 is 11.9. The van der Waals surface area contributed by atoms with Crippen LogP contribution in [0, 0.1) is 11.8 Å². The zero-order chi connectivity index (χ0) is 13.4. The molecule has 0 aliphatic rings. The maximum absolute atomic E-state index is 11.9. The summed E-state index contributed by atoms with van der Waals surface area (Å²) in [5, 5.41) is 17.5. The Kier molecular flexibility index (Phi) is 7.45. The molecule has 5 nitrogen and oxygen atoms in total. The largest absolute Gasteiger partial charge is 0.481 e. The third kappa shape index (κ3) is 6.21. The van der Waals surface area contributed by atoms with Crippen molar-refractivity contribution < 1.29 is 24.2 Å². The summed E-state index contributed by atoms with van der Waals surface area (Å²) in [5.74, 6) is -4.31. The summed E-state index contributed by atoms with van der Waals surface area (Å²) in [5.41, 5.74) is 5.59. The summed E-state index contributed by atoms with van der Waals surface area (Å²) in [6, 6.07) is -0.912. The summed E-state index contributed by atoms with van der Waals surface area (Å²) in [6.45, 7) is 1.49. The van der Waals surface area contributed by atoms with E-state index in [1.54, 1.807) is 0 Å². The lowest BCUT2D eigenvalue weighted by Crippen LogP contribution is -2.41. The van der Waals surface area contributed by atoms with E-state index in [2.05, 4.69) is 0 Å². The highest BCUT2D eigenvalue weighted by molar-refractivity contribution is 5.93. The van der Waals surface area contributed by atoms with Crippen LogP contribution in [0.25, 0.3) is 0 Å². The second-order valence-corrected chi connectivity index (χ2v) is 4.34. The Labute approximate surface area is 99.8 Å². The Hall–Kier alpha value is -1.17. The van der Waals surface area contributed by atoms with Crippen molar-refractivity contribution in [3.63, 3.8) is 0 Å². The van der Waals surface area contributed by atoms with Crippen LogP contribution >= 0.6 is 0 Å². The third-order valence-electron chi connectivity index (χ3n) is 2.72. The van der Waals surface area contributed by atoms with Gasteiger partial charge in [0, 0.05) is 6.04 Å². The number of hydrogen-bond donors (Lipinski definition) is 3. The normalized spacial score (nSPS) is 14.6. The topological polar surface area (TPSA) is 101 Å². The molecule has 0 heterocycles. The Morgan fingerprint density at radius 2 is 1.76 bits per heavy atom. The molecule has 2 unspecified atom stereocenters. The quantitative estimate of drug-likeness (QED) is 0.422. The van der Waals surface area contributed by atoms with Gasteiger partial charge in [-0.15, -0.1) is 0 Å². The molecular weight excluding hydrogens is 229 g/mol. The van der Waals surface area contributed by atoms with Gasteiger partial charge in [0.1, 0.15) is 0 Å². The van der Waals surface area contributed by atoms with Gasteiger partial charge in [0.25, 0.3) is 0 Å². The summed E-state index contributed by atoms with van der Waals surface area (Å²) >= 11 is 0. The van der Waals surface area contributed by atoms with Crippen LogP contribution in [-0.2, 0) is 9.59 Å². The van der Waals surface area contributed by atoms with Crippen molar-refractivity contribution in [2.45, 2.75) is 38.6 Å². The van der Waals surface area contributed by atoms with Crippen molar-refractivity contribution in [1.82, 2.24) is 0 Å². The fourth-order valence-corrected chi connectivity index (χ4v) is 1.78. The highest BCUT2D eigenvalue weighted by atomic mass is 19.1. The summed E-state index contributed by atoms with van der Waals surface area (Å²) in [6.07, 6.45) is 2.22. The van der Waals surface area contributed by atoms with Crippen molar-refractivity contribution in [2.24, 2.45) is 17.6 Å². The van der Waals surface area contributed by atoms with Crippen LogP contribution in [0.3, 0.4) is 0 Å². The van der Waals surface area contributed by atoms with Gasteiger partial charge in [0.15, 0.2) is 5.92 Å². The van der Waals surface area contributed by atoms with Gasteiger partial charge in [-0.05, 0) is 18.8 Å². The Bertz CT molecular complexity index is 246. The van der Waals surface area contributed by atoms with Crippen molar-refractivity contribution in [3.05, 3.63) is 0 Å². The van der Waals surface area contributed by atoms with Crippen LogP contribution in [0.1, 0.15) is 32.6 Å². The molecule has 4 N–H and O–H groups in total. The highest BCUT2D eigenvalue weighted by Gasteiger charge is 2.33. The maximum atomic E-state index is 11.9. The van der Waals surface area contributed by atoms with E-state index in [0.29, 0.717) is 19.3 Å². The Morgan fingerprint density at radius 1 is 1.24 bits per heavy atom. The molecule has 0 rings (SSSR count). The molecule has 0 radical (unpaired) electrons. The van der Waals surface area contributed by atoms with E-state index in [4.69, 9.17) is 15.9 Å². The number of carboxylic acid groups (broad SMARTS) is 2. The molecule has 6 heteroatoms. The van der Waals surface area contributed by atoms with E-state index >= 15 is 0 Å². The minimum absolute atomic E-state index is 0.0951. The lowest BCUT2D eigenvalue weighted by atomic mass is 9.89. The first kappa shape index (κ1) is 15.8. The van der Waals surface area contributed by atoms with Gasteiger partial charge in [-0.3, -0.25) is 14.0 Å². The standard InChI is InChI=1S/C11H20FNO4/c1-7(4-2-3-5-12)6-8(13)9(10(14)15)11(16)17/h7-9H,2-6,13H2,1H3,(H,14,15)(H,16,17). The highest BCUT2D eigenvalue weighted by Crippen LogP contribution is 2.17. The first-order valence-electron chi connectivity index (χ1n) is 5.67. The van der Waals surface area contributed by atoms with Crippen molar-refractivity contribution in [3.8, 4) is 0 Å². The summed E-state index contributed by atoms with van der Waals surface area (Å²) in [4.78, 5) is 21.4. The summed E-state index contributed by atoms with van der Waals surface area (Å²) in [7, 11) is 0. The van der Waals surface area contributed by atoms with Gasteiger partial charge in [0.2, 0.25) is 0 Å². The van der Waals surface area contributed by atoms with Gasteiger partial charge in [-0.2, -0.15) is 0 Å². The number of aliphatic carboxylic acids is 2. The molecule has 2 atom stereocenters. The van der Waals surface area contributed by atoms with Crippen LogP contribution in [0.5, 0.6) is 0 Å². The fraction of sp³-hybridized carbons (Fsp3) is 0.818. The van der Waals surface area contributed by atoms with Crippen LogP contribution in [0.2, 0.25) is 0 Å². The van der Waals surface area contributed by atoms with Crippen LogP contribution < -0.4 is 5.73 Å². The van der Waals surface area contributed by atoms with Crippen LogP contribution in [0.4, 0.5) is 4.39 Å². The number of halogens is 1. The number of unbranched alkanes of at least 4 members (excludes halogenated alkanes) is 1. The first-order valence-corrected chi connectivity index (χ1v) is 5.67. The molecule has 0 spiro atoms. The number of alkyl halides is 1. The Balaban J connectivity index is 4.16. The van der Waals surface area contributed by atoms with Crippen molar-refractivity contribution in [2.75, 3.05) is 6.67 Å². The van der Waals surface area contributed by atoms with Gasteiger partial charge >= 0.3 is 11.9 Å². The van der Waals surface area contributed by atoms with Crippen molar-refractivity contribution >= 4 is 11.9 Å². The molecule has 0 aromatic heterocycles. The van der Waals surface area contributed by atoms with E-state index in [0.717, 1.165) is 6.42 Å². The second kappa shape index (κ2) is 8.00. The fourth-order valence-electron chi connectivity index (χ4n) is 1.78. The molecule has 0 fully saturated rings. The minimum atomic E-state index is -1.57. The zero-order valence-corrected chi connectivity index (χ0v) is 9.93.